The van der Waals surface area contributed by atoms with E-state index >= 15 is 0 Å². The lowest BCUT2D eigenvalue weighted by atomic mass is 9.95. The minimum absolute atomic E-state index is 0.316. The summed E-state index contributed by atoms with van der Waals surface area (Å²) in [5.41, 5.74) is 5.58. The van der Waals surface area contributed by atoms with Crippen molar-refractivity contribution >= 4 is 0 Å². The zero-order valence-electron chi connectivity index (χ0n) is 10.8. The summed E-state index contributed by atoms with van der Waals surface area (Å²) in [6.07, 6.45) is 8.16. The van der Waals surface area contributed by atoms with Crippen molar-refractivity contribution in [3.05, 3.63) is 35.4 Å². The Bertz CT molecular complexity index is 325. The number of hydrogen-bond donors (Lipinski definition) is 2. The van der Waals surface area contributed by atoms with Crippen LogP contribution in [0.25, 0.3) is 0 Å². The monoisotopic (exact) mass is 232 g/mol. The molecular formula is C15H24N2. The van der Waals surface area contributed by atoms with Crippen molar-refractivity contribution in [2.45, 2.75) is 51.5 Å². The van der Waals surface area contributed by atoms with Gasteiger partial charge in [0.25, 0.3) is 0 Å². The van der Waals surface area contributed by atoms with Crippen LogP contribution in [0.15, 0.2) is 24.3 Å². The molecule has 0 aromatic heterocycles. The van der Waals surface area contributed by atoms with Gasteiger partial charge in [0.2, 0.25) is 0 Å². The molecule has 1 aliphatic carbocycles. The fraction of sp³-hybridized carbons (Fsp3) is 0.600. The van der Waals surface area contributed by atoms with Crippen LogP contribution in [-0.2, 0) is 0 Å². The quantitative estimate of drug-likeness (QED) is 0.602. The van der Waals surface area contributed by atoms with Gasteiger partial charge in [-0.05, 0) is 31.2 Å². The molecule has 2 heteroatoms. The number of hydrazine groups is 1. The Kier molecular flexibility index (Phi) is 4.57. The topological polar surface area (TPSA) is 38.0 Å². The van der Waals surface area contributed by atoms with Gasteiger partial charge in [-0.15, -0.1) is 0 Å². The minimum Gasteiger partial charge on any atom is -0.271 e. The highest BCUT2D eigenvalue weighted by atomic mass is 15.2. The van der Waals surface area contributed by atoms with Crippen LogP contribution < -0.4 is 11.3 Å². The van der Waals surface area contributed by atoms with Crippen LogP contribution in [0, 0.1) is 12.8 Å². The number of nitrogens with two attached hydrogens (primary N) is 1. The molecule has 1 atom stereocenters. The fourth-order valence-corrected chi connectivity index (χ4v) is 2.85. The van der Waals surface area contributed by atoms with Crippen molar-refractivity contribution < 1.29 is 0 Å². The van der Waals surface area contributed by atoms with Gasteiger partial charge in [0.1, 0.15) is 0 Å². The van der Waals surface area contributed by atoms with Crippen molar-refractivity contribution in [2.75, 3.05) is 0 Å². The Hall–Kier alpha value is -0.860. The van der Waals surface area contributed by atoms with Gasteiger partial charge in [0, 0.05) is 6.04 Å². The predicted octanol–water partition coefficient (Wildman–Crippen LogP) is 3.47. The summed E-state index contributed by atoms with van der Waals surface area (Å²) in [6, 6.07) is 9.02. The van der Waals surface area contributed by atoms with Crippen molar-refractivity contribution in [2.24, 2.45) is 11.8 Å². The van der Waals surface area contributed by atoms with Crippen LogP contribution in [0.5, 0.6) is 0 Å². The Morgan fingerprint density at radius 1 is 1.24 bits per heavy atom. The van der Waals surface area contributed by atoms with Gasteiger partial charge in [-0.25, -0.2) is 0 Å². The number of hydrogen-bond acceptors (Lipinski definition) is 2. The number of aryl methyl sites for hydroxylation is 1. The van der Waals surface area contributed by atoms with Gasteiger partial charge in [-0.3, -0.25) is 11.3 Å². The first-order chi connectivity index (χ1) is 8.29. The van der Waals surface area contributed by atoms with Gasteiger partial charge in [0.05, 0.1) is 0 Å². The Morgan fingerprint density at radius 2 is 1.88 bits per heavy atom. The predicted molar refractivity (Wildman–Crippen MR) is 72.4 cm³/mol. The average Bonchev–Trinajstić information content (AvgIpc) is 2.85. The van der Waals surface area contributed by atoms with Crippen molar-refractivity contribution in [1.82, 2.24) is 5.43 Å². The van der Waals surface area contributed by atoms with E-state index in [1.165, 1.54) is 43.2 Å². The van der Waals surface area contributed by atoms with Crippen molar-refractivity contribution in [1.29, 1.82) is 0 Å². The van der Waals surface area contributed by atoms with Crippen LogP contribution in [0.4, 0.5) is 0 Å². The second-order valence-corrected chi connectivity index (χ2v) is 5.36. The SMILES string of the molecule is Cc1ccc(C(CCC2CCCC2)NN)cc1. The maximum absolute atomic E-state index is 5.68. The molecule has 94 valence electrons. The highest BCUT2D eigenvalue weighted by Gasteiger charge is 2.17. The third-order valence-corrected chi connectivity index (χ3v) is 4.02. The van der Waals surface area contributed by atoms with Gasteiger partial charge in [-0.2, -0.15) is 0 Å². The van der Waals surface area contributed by atoms with E-state index in [9.17, 15) is 0 Å². The molecule has 2 rings (SSSR count). The highest BCUT2D eigenvalue weighted by molar-refractivity contribution is 5.23. The molecule has 0 spiro atoms. The largest absolute Gasteiger partial charge is 0.271 e. The van der Waals surface area contributed by atoms with Crippen LogP contribution in [0.1, 0.15) is 55.7 Å². The van der Waals surface area contributed by atoms with E-state index in [1.807, 2.05) is 0 Å². The summed E-state index contributed by atoms with van der Waals surface area (Å²) in [5, 5.41) is 0. The normalized spacial score (nSPS) is 18.5. The summed E-state index contributed by atoms with van der Waals surface area (Å²) < 4.78 is 0. The molecule has 1 aromatic carbocycles. The van der Waals surface area contributed by atoms with E-state index in [-0.39, 0.29) is 0 Å². The lowest BCUT2D eigenvalue weighted by Gasteiger charge is -2.18. The van der Waals surface area contributed by atoms with Gasteiger partial charge in [-0.1, -0.05) is 55.5 Å². The van der Waals surface area contributed by atoms with Gasteiger partial charge >= 0.3 is 0 Å². The summed E-state index contributed by atoms with van der Waals surface area (Å²) in [6.45, 7) is 2.12. The molecule has 3 N–H and O–H groups in total. The van der Waals surface area contributed by atoms with Crippen molar-refractivity contribution in [3.63, 3.8) is 0 Å². The summed E-state index contributed by atoms with van der Waals surface area (Å²) in [7, 11) is 0. The molecule has 0 amide bonds. The van der Waals surface area contributed by atoms with Crippen LogP contribution in [0.3, 0.4) is 0 Å². The Labute approximate surface area is 105 Å². The molecule has 17 heavy (non-hydrogen) atoms. The molecule has 1 unspecified atom stereocenters. The molecule has 0 bridgehead atoms. The summed E-state index contributed by atoms with van der Waals surface area (Å²) in [4.78, 5) is 0. The zero-order valence-corrected chi connectivity index (χ0v) is 10.8. The molecule has 0 radical (unpaired) electrons. The first-order valence-corrected chi connectivity index (χ1v) is 6.82. The molecule has 0 saturated heterocycles. The lowest BCUT2D eigenvalue weighted by molar-refractivity contribution is 0.416. The molecule has 2 nitrogen and oxygen atoms in total. The Morgan fingerprint density at radius 3 is 2.47 bits per heavy atom. The van der Waals surface area contributed by atoms with Crippen molar-refractivity contribution in [3.8, 4) is 0 Å². The molecule has 1 aliphatic rings. The molecule has 0 heterocycles. The van der Waals surface area contributed by atoms with E-state index in [1.54, 1.807) is 0 Å². The Balaban J connectivity index is 1.89. The number of rotatable bonds is 5. The second-order valence-electron chi connectivity index (χ2n) is 5.36. The summed E-state index contributed by atoms with van der Waals surface area (Å²) >= 11 is 0. The van der Waals surface area contributed by atoms with E-state index in [0.717, 1.165) is 12.3 Å². The number of nitrogens with one attached hydrogen (secondary N) is 1. The van der Waals surface area contributed by atoms with E-state index in [2.05, 4.69) is 36.6 Å². The third kappa shape index (κ3) is 3.55. The first-order valence-electron chi connectivity index (χ1n) is 6.82. The number of benzene rings is 1. The minimum atomic E-state index is 0.316. The van der Waals surface area contributed by atoms with E-state index in [4.69, 9.17) is 5.84 Å². The van der Waals surface area contributed by atoms with Gasteiger partial charge in [0.15, 0.2) is 0 Å². The molecular weight excluding hydrogens is 208 g/mol. The molecule has 1 fully saturated rings. The van der Waals surface area contributed by atoms with E-state index < -0.39 is 0 Å². The van der Waals surface area contributed by atoms with Crippen LogP contribution in [-0.4, -0.2) is 0 Å². The molecule has 0 aliphatic heterocycles. The first kappa shape index (κ1) is 12.6. The summed E-state index contributed by atoms with van der Waals surface area (Å²) in [5.74, 6) is 6.62. The maximum Gasteiger partial charge on any atom is 0.0460 e. The highest BCUT2D eigenvalue weighted by Crippen LogP contribution is 2.31. The van der Waals surface area contributed by atoms with Crippen LogP contribution in [0.2, 0.25) is 0 Å². The molecule has 1 saturated carbocycles. The smallest absolute Gasteiger partial charge is 0.0460 e. The third-order valence-electron chi connectivity index (χ3n) is 4.02. The zero-order chi connectivity index (χ0) is 12.1. The van der Waals surface area contributed by atoms with Crippen LogP contribution >= 0.6 is 0 Å². The lowest BCUT2D eigenvalue weighted by Crippen LogP contribution is -2.28. The van der Waals surface area contributed by atoms with E-state index in [0.29, 0.717) is 6.04 Å². The average molecular weight is 232 g/mol. The molecule has 1 aromatic rings. The maximum atomic E-state index is 5.68. The fourth-order valence-electron chi connectivity index (χ4n) is 2.85. The second kappa shape index (κ2) is 6.18. The van der Waals surface area contributed by atoms with Gasteiger partial charge < -0.3 is 0 Å². The standard InChI is InChI=1S/C15H24N2/c1-12-6-9-14(10-7-12)15(17-16)11-8-13-4-2-3-5-13/h6-7,9-10,13,15,17H,2-5,8,11,16H2,1H3.